The van der Waals surface area contributed by atoms with E-state index in [1.807, 2.05) is 20.8 Å². The first-order valence-corrected chi connectivity index (χ1v) is 23.2. The Kier molecular flexibility index (Phi) is 18.8. The van der Waals surface area contributed by atoms with Gasteiger partial charge in [0.25, 0.3) is 0 Å². The second kappa shape index (κ2) is 20.1. The fraction of sp³-hybridized carbons (Fsp3) is 0.818. The van der Waals surface area contributed by atoms with Crippen LogP contribution in [0.1, 0.15) is 142 Å². The van der Waals surface area contributed by atoms with Crippen LogP contribution in [0.25, 0.3) is 0 Å². The summed E-state index contributed by atoms with van der Waals surface area (Å²) in [5, 5.41) is 0. The molecule has 1 aromatic carbocycles. The topological polar surface area (TPSA) is 71.5 Å². The number of nitrogens with zero attached hydrogens (tertiary/aromatic N) is 1. The first-order chi connectivity index (χ1) is 21.9. The van der Waals surface area contributed by atoms with Crippen LogP contribution in [0.4, 0.5) is 26.3 Å². The molecule has 47 heavy (non-hydrogen) atoms. The van der Waals surface area contributed by atoms with Gasteiger partial charge in [-0.3, -0.25) is 0 Å². The van der Waals surface area contributed by atoms with Gasteiger partial charge in [-0.2, -0.15) is 0 Å². The van der Waals surface area contributed by atoms with E-state index in [2.05, 4.69) is 0 Å². The van der Waals surface area contributed by atoms with Gasteiger partial charge in [0.1, 0.15) is 0 Å². The second-order valence-electron chi connectivity index (χ2n) is 13.1. The van der Waals surface area contributed by atoms with E-state index in [-0.39, 0.29) is 37.7 Å². The van der Waals surface area contributed by atoms with Crippen molar-refractivity contribution in [2.24, 2.45) is 0 Å². The summed E-state index contributed by atoms with van der Waals surface area (Å²) in [5.74, 6) is 0. The molecule has 5 nitrogen and oxygen atoms in total. The molecule has 0 aliphatic rings. The molecule has 0 spiro atoms. The third kappa shape index (κ3) is 12.7. The second-order valence-corrected chi connectivity index (χ2v) is 23.3. The Bertz CT molecular complexity index is 1140. The molecule has 0 unspecified atom stereocenters. The molecule has 0 aliphatic carbocycles. The molecule has 0 radical (unpaired) electrons. The third-order valence-electron chi connectivity index (χ3n) is 9.15. The van der Waals surface area contributed by atoms with E-state index in [1.165, 1.54) is 0 Å². The van der Waals surface area contributed by atoms with Crippen LogP contribution in [0.3, 0.4) is 0 Å². The van der Waals surface area contributed by atoms with Crippen LogP contribution < -0.4 is 0 Å². The number of sulfonamides is 2. The van der Waals surface area contributed by atoms with Gasteiger partial charge in [-0.1, -0.05) is 0 Å². The fourth-order valence-electron chi connectivity index (χ4n) is 6.74. The predicted octanol–water partition coefficient (Wildman–Crippen LogP) is 11.7. The van der Waals surface area contributed by atoms with Crippen molar-refractivity contribution in [2.45, 2.75) is 154 Å². The van der Waals surface area contributed by atoms with Crippen molar-refractivity contribution >= 4 is 26.8 Å². The predicted molar refractivity (Wildman–Crippen MR) is 184 cm³/mol. The van der Waals surface area contributed by atoms with Crippen LogP contribution in [0.15, 0.2) is 30.3 Å². The molecule has 1 rings (SSSR count). The molecule has 0 fully saturated rings. The molecule has 0 atom stereocenters. The summed E-state index contributed by atoms with van der Waals surface area (Å²) >= 11 is 0. The van der Waals surface area contributed by atoms with Crippen molar-refractivity contribution in [1.82, 2.24) is 3.48 Å². The zero-order chi connectivity index (χ0) is 35.7. The van der Waals surface area contributed by atoms with E-state index >= 15 is 0 Å². The van der Waals surface area contributed by atoms with Crippen LogP contribution in [0.2, 0.25) is 0 Å². The minimum atomic E-state index is -6.99. The van der Waals surface area contributed by atoms with Gasteiger partial charge in [-0.05, 0) is 0 Å². The van der Waals surface area contributed by atoms with E-state index in [9.17, 15) is 43.2 Å². The molecule has 0 aliphatic heterocycles. The number of benzene rings is 1. The third-order valence-corrected chi connectivity index (χ3v) is 22.9. The maximum absolute atomic E-state index is 14.6. The fourth-order valence-corrected chi connectivity index (χ4v) is 21.9. The summed E-state index contributed by atoms with van der Waals surface area (Å²) in [6, 6.07) is 7.90. The SMILES string of the molecule is CCCCCCCCP(CCCCCCCC)(CCCCCCCC)(Cc1ccccc1)N(S(=O)(=O)C(F)(F)F)S(=O)(=O)C(F)(F)F. The Balaban J connectivity index is 4.15. The summed E-state index contributed by atoms with van der Waals surface area (Å²) in [6.45, 7) is 0.796. The van der Waals surface area contributed by atoms with Gasteiger partial charge >= 0.3 is 281 Å². The number of hydrogen-bond acceptors (Lipinski definition) is 4. The minimum absolute atomic E-state index is 0.136. The maximum atomic E-state index is 14.6. The molecule has 14 heteroatoms. The zero-order valence-electron chi connectivity index (χ0n) is 28.6. The average Bonchev–Trinajstić information content (AvgIpc) is 2.98. The Labute approximate surface area is 280 Å². The molecule has 1 aromatic rings. The molecule has 0 heterocycles. The standard InChI is InChI=1S/C33H58F6NO4PS2/c1-4-7-10-13-16-22-27-45(28-23-17-14-11-8-5-2,29-24-18-15-12-9-6-3,30-31-25-20-19-21-26-31)40(46(41,42)32(34,35)36)47(43,44)33(37,38)39/h19-21,25-26H,4-18,22-24,27-30H2,1-3H3. The summed E-state index contributed by atoms with van der Waals surface area (Å²) < 4.78 is 141. The quantitative estimate of drug-likeness (QED) is 0.0538. The van der Waals surface area contributed by atoms with E-state index in [0.29, 0.717) is 44.1 Å². The molecule has 0 saturated carbocycles. The van der Waals surface area contributed by atoms with Crippen molar-refractivity contribution < 1.29 is 43.2 Å². The molecular weight excluding hydrogens is 683 g/mol. The Morgan fingerprint density at radius 1 is 0.511 bits per heavy atom. The molecule has 0 N–H and O–H groups in total. The van der Waals surface area contributed by atoms with Crippen LogP contribution in [0.5, 0.6) is 0 Å². The number of hydrogen-bond donors (Lipinski definition) is 0. The first-order valence-electron chi connectivity index (χ1n) is 17.4. The van der Waals surface area contributed by atoms with Crippen molar-refractivity contribution in [1.29, 1.82) is 0 Å². The zero-order valence-corrected chi connectivity index (χ0v) is 31.1. The normalized spacial score (nSPS) is 14.4. The molecular formula is C33H58F6NO4PS2. The number of alkyl halides is 6. The van der Waals surface area contributed by atoms with Crippen LogP contribution >= 0.6 is 6.75 Å². The molecule has 278 valence electrons. The molecule has 0 amide bonds. The van der Waals surface area contributed by atoms with Crippen molar-refractivity contribution in [3.05, 3.63) is 35.9 Å². The first kappa shape index (κ1) is 44.1. The number of rotatable bonds is 26. The molecule has 0 bridgehead atoms. The van der Waals surface area contributed by atoms with E-state index in [1.54, 1.807) is 30.3 Å². The van der Waals surface area contributed by atoms with Crippen LogP contribution in [-0.4, -0.2) is 49.8 Å². The Morgan fingerprint density at radius 2 is 0.809 bits per heavy atom. The van der Waals surface area contributed by atoms with Gasteiger partial charge in [0.15, 0.2) is 0 Å². The Hall–Kier alpha value is -0.910. The monoisotopic (exact) mass is 741 g/mol. The van der Waals surface area contributed by atoms with Crippen LogP contribution in [0, 0.1) is 0 Å². The summed E-state index contributed by atoms with van der Waals surface area (Å²) in [4.78, 5) is 0. The van der Waals surface area contributed by atoms with Gasteiger partial charge in [0, 0.05) is 0 Å². The number of halogens is 6. The van der Waals surface area contributed by atoms with Gasteiger partial charge < -0.3 is 0 Å². The molecule has 0 aromatic heterocycles. The van der Waals surface area contributed by atoms with Crippen molar-refractivity contribution in [3.63, 3.8) is 0 Å². The summed E-state index contributed by atoms with van der Waals surface area (Å²) in [6.07, 6.45) is 10.2. The molecule has 0 saturated heterocycles. The average molecular weight is 742 g/mol. The van der Waals surface area contributed by atoms with Gasteiger partial charge in [-0.25, -0.2) is 0 Å². The number of unbranched alkanes of at least 4 members (excludes halogenated alkanes) is 15. The van der Waals surface area contributed by atoms with E-state index in [4.69, 9.17) is 0 Å². The summed E-state index contributed by atoms with van der Waals surface area (Å²) in [7, 11) is -14.0. The van der Waals surface area contributed by atoms with Gasteiger partial charge in [0.2, 0.25) is 0 Å². The van der Waals surface area contributed by atoms with Gasteiger partial charge in [0.05, 0.1) is 0 Å². The summed E-state index contributed by atoms with van der Waals surface area (Å²) in [5.41, 5.74) is -12.2. The van der Waals surface area contributed by atoms with E-state index in [0.717, 1.165) is 57.8 Å². The van der Waals surface area contributed by atoms with Crippen molar-refractivity contribution in [2.75, 3.05) is 18.5 Å². The van der Waals surface area contributed by atoms with Gasteiger partial charge in [-0.15, -0.1) is 0 Å². The van der Waals surface area contributed by atoms with Crippen LogP contribution in [-0.2, 0) is 26.2 Å². The Morgan fingerprint density at radius 3 is 1.11 bits per heavy atom. The van der Waals surface area contributed by atoms with E-state index < -0.39 is 47.5 Å². The van der Waals surface area contributed by atoms with Crippen molar-refractivity contribution in [3.8, 4) is 0 Å².